The van der Waals surface area contributed by atoms with Crippen molar-refractivity contribution in [2.24, 2.45) is 5.73 Å². The Morgan fingerprint density at radius 3 is 2.52 bits per heavy atom. The molecule has 1 heterocycles. The highest BCUT2D eigenvalue weighted by molar-refractivity contribution is 6.31. The number of phenols is 2. The topological polar surface area (TPSA) is 104 Å². The molecule has 1 unspecified atom stereocenters. The molecule has 0 aliphatic rings. The zero-order chi connectivity index (χ0) is 22.0. The number of aromatic hydroxyl groups is 2. The van der Waals surface area contributed by atoms with Crippen molar-refractivity contribution in [1.82, 2.24) is 9.97 Å². The standard InChI is InChI=1S/C24H23ClN4O2/c1-2-16(26)13-27-23-17-5-3-4-6-20(17)28-24(29-23)19-11-14(7-9-22(19)31)18-12-15(25)8-10-21(18)30/h3-12,16,30-31H,2,13,26H2,1H3,(H,27,28,29). The maximum atomic E-state index is 10.6. The van der Waals surface area contributed by atoms with Gasteiger partial charge in [-0.1, -0.05) is 36.7 Å². The summed E-state index contributed by atoms with van der Waals surface area (Å²) in [6, 6.07) is 17.5. The third kappa shape index (κ3) is 4.40. The van der Waals surface area contributed by atoms with E-state index >= 15 is 0 Å². The maximum absolute atomic E-state index is 10.6. The van der Waals surface area contributed by atoms with Gasteiger partial charge in [0.25, 0.3) is 0 Å². The van der Waals surface area contributed by atoms with E-state index < -0.39 is 0 Å². The highest BCUT2D eigenvalue weighted by Crippen LogP contribution is 2.37. The lowest BCUT2D eigenvalue weighted by atomic mass is 10.0. The Labute approximate surface area is 185 Å². The quantitative estimate of drug-likeness (QED) is 0.333. The molecule has 0 saturated heterocycles. The second kappa shape index (κ2) is 8.79. The predicted molar refractivity (Wildman–Crippen MR) is 126 cm³/mol. The first-order valence-corrected chi connectivity index (χ1v) is 10.4. The van der Waals surface area contributed by atoms with Gasteiger partial charge in [-0.05, 0) is 54.4 Å². The Morgan fingerprint density at radius 2 is 1.71 bits per heavy atom. The number of halogens is 1. The zero-order valence-electron chi connectivity index (χ0n) is 17.0. The molecular formula is C24H23ClN4O2. The van der Waals surface area contributed by atoms with Crippen LogP contribution in [0, 0.1) is 0 Å². The van der Waals surface area contributed by atoms with Gasteiger partial charge in [-0.15, -0.1) is 0 Å². The highest BCUT2D eigenvalue weighted by Gasteiger charge is 2.15. The summed E-state index contributed by atoms with van der Waals surface area (Å²) in [6.07, 6.45) is 0.842. The largest absolute Gasteiger partial charge is 0.507 e. The summed E-state index contributed by atoms with van der Waals surface area (Å²) in [6.45, 7) is 2.60. The molecule has 7 heteroatoms. The van der Waals surface area contributed by atoms with Crippen molar-refractivity contribution in [1.29, 1.82) is 0 Å². The van der Waals surface area contributed by atoms with E-state index in [1.165, 1.54) is 6.07 Å². The van der Waals surface area contributed by atoms with Crippen LogP contribution in [-0.2, 0) is 0 Å². The third-order valence-electron chi connectivity index (χ3n) is 5.17. The average Bonchev–Trinajstić information content (AvgIpc) is 2.79. The van der Waals surface area contributed by atoms with Gasteiger partial charge in [0, 0.05) is 28.6 Å². The molecule has 3 aromatic carbocycles. The molecule has 1 aromatic heterocycles. The number of phenolic OH excluding ortho intramolecular Hbond substituents is 2. The van der Waals surface area contributed by atoms with Gasteiger partial charge in [-0.2, -0.15) is 0 Å². The van der Waals surface area contributed by atoms with Crippen LogP contribution in [0.1, 0.15) is 13.3 Å². The number of fused-ring (bicyclic) bond motifs is 1. The summed E-state index contributed by atoms with van der Waals surface area (Å²) in [7, 11) is 0. The first-order valence-electron chi connectivity index (χ1n) is 10.0. The smallest absolute Gasteiger partial charge is 0.165 e. The lowest BCUT2D eigenvalue weighted by Gasteiger charge is -2.15. The van der Waals surface area contributed by atoms with Crippen LogP contribution in [0.4, 0.5) is 5.82 Å². The third-order valence-corrected chi connectivity index (χ3v) is 5.40. The van der Waals surface area contributed by atoms with Gasteiger partial charge in [-0.25, -0.2) is 9.97 Å². The molecule has 5 N–H and O–H groups in total. The Bertz CT molecular complexity index is 1250. The Balaban J connectivity index is 1.84. The summed E-state index contributed by atoms with van der Waals surface area (Å²) in [5.41, 5.74) is 8.51. The van der Waals surface area contributed by atoms with Crippen LogP contribution in [0.3, 0.4) is 0 Å². The van der Waals surface area contributed by atoms with Gasteiger partial charge in [0.1, 0.15) is 17.3 Å². The lowest BCUT2D eigenvalue weighted by Crippen LogP contribution is -2.28. The molecule has 0 aliphatic heterocycles. The number of rotatable bonds is 6. The number of aromatic nitrogens is 2. The van der Waals surface area contributed by atoms with Crippen molar-refractivity contribution in [3.05, 3.63) is 65.7 Å². The fraction of sp³-hybridized carbons (Fsp3) is 0.167. The fourth-order valence-electron chi connectivity index (χ4n) is 3.33. The van der Waals surface area contributed by atoms with Crippen LogP contribution >= 0.6 is 11.6 Å². The van der Waals surface area contributed by atoms with Gasteiger partial charge in [-0.3, -0.25) is 0 Å². The van der Waals surface area contributed by atoms with Gasteiger partial charge < -0.3 is 21.3 Å². The number of hydrogen-bond donors (Lipinski definition) is 4. The maximum Gasteiger partial charge on any atom is 0.165 e. The summed E-state index contributed by atoms with van der Waals surface area (Å²) in [4.78, 5) is 9.34. The van der Waals surface area contributed by atoms with Gasteiger partial charge in [0.2, 0.25) is 0 Å². The van der Waals surface area contributed by atoms with E-state index in [9.17, 15) is 10.2 Å². The highest BCUT2D eigenvalue weighted by atomic mass is 35.5. The Morgan fingerprint density at radius 1 is 0.968 bits per heavy atom. The lowest BCUT2D eigenvalue weighted by molar-refractivity contribution is 0.475. The summed E-state index contributed by atoms with van der Waals surface area (Å²) < 4.78 is 0. The number of benzene rings is 3. The van der Waals surface area contributed by atoms with Crippen LogP contribution in [-0.4, -0.2) is 32.8 Å². The molecule has 6 nitrogen and oxygen atoms in total. The van der Waals surface area contributed by atoms with Crippen molar-refractivity contribution < 1.29 is 10.2 Å². The van der Waals surface area contributed by atoms with Crippen molar-refractivity contribution in [2.75, 3.05) is 11.9 Å². The molecule has 0 bridgehead atoms. The minimum absolute atomic E-state index is 0.000266. The SMILES string of the molecule is CCC(N)CNc1nc(-c2cc(-c3cc(Cl)ccc3O)ccc2O)nc2ccccc12. The Hall–Kier alpha value is -3.35. The normalized spacial score (nSPS) is 12.1. The van der Waals surface area contributed by atoms with E-state index in [4.69, 9.17) is 17.3 Å². The van der Waals surface area contributed by atoms with Crippen molar-refractivity contribution in [3.8, 4) is 34.0 Å². The van der Waals surface area contributed by atoms with Crippen LogP contribution in [0.15, 0.2) is 60.7 Å². The molecule has 0 fully saturated rings. The molecule has 4 aromatic rings. The van der Waals surface area contributed by atoms with Crippen LogP contribution in [0.2, 0.25) is 5.02 Å². The number of hydrogen-bond acceptors (Lipinski definition) is 6. The van der Waals surface area contributed by atoms with Crippen LogP contribution in [0.5, 0.6) is 11.5 Å². The molecule has 0 amide bonds. The van der Waals surface area contributed by atoms with E-state index in [2.05, 4.69) is 15.3 Å². The molecule has 0 spiro atoms. The number of nitrogens with one attached hydrogen (secondary N) is 1. The molecule has 0 aliphatic carbocycles. The minimum Gasteiger partial charge on any atom is -0.507 e. The Kier molecular flexibility index (Phi) is 5.93. The van der Waals surface area contributed by atoms with Gasteiger partial charge >= 0.3 is 0 Å². The second-order valence-electron chi connectivity index (χ2n) is 7.36. The number of anilines is 1. The monoisotopic (exact) mass is 434 g/mol. The number of nitrogens with two attached hydrogens (primary N) is 1. The van der Waals surface area contributed by atoms with E-state index in [0.29, 0.717) is 39.9 Å². The predicted octanol–water partition coefficient (Wildman–Crippen LogP) is 5.18. The van der Waals surface area contributed by atoms with Gasteiger partial charge in [0.05, 0.1) is 11.1 Å². The number of nitrogens with zero attached hydrogens (tertiary/aromatic N) is 2. The summed E-state index contributed by atoms with van der Waals surface area (Å²) in [5.74, 6) is 1.15. The fourth-order valence-corrected chi connectivity index (χ4v) is 3.50. The van der Waals surface area contributed by atoms with E-state index in [1.54, 1.807) is 30.3 Å². The first kappa shape index (κ1) is 20.9. The number of para-hydroxylation sites is 1. The molecule has 0 radical (unpaired) electrons. The molecule has 4 rings (SSSR count). The van der Waals surface area contributed by atoms with E-state index in [1.807, 2.05) is 31.2 Å². The van der Waals surface area contributed by atoms with E-state index in [0.717, 1.165) is 17.3 Å². The van der Waals surface area contributed by atoms with Crippen LogP contribution < -0.4 is 11.1 Å². The van der Waals surface area contributed by atoms with Crippen molar-refractivity contribution in [2.45, 2.75) is 19.4 Å². The minimum atomic E-state index is -0.000266. The molecule has 0 saturated carbocycles. The van der Waals surface area contributed by atoms with Crippen molar-refractivity contribution >= 4 is 28.3 Å². The van der Waals surface area contributed by atoms with E-state index in [-0.39, 0.29) is 17.5 Å². The van der Waals surface area contributed by atoms with Gasteiger partial charge in [0.15, 0.2) is 5.82 Å². The van der Waals surface area contributed by atoms with Crippen LogP contribution in [0.25, 0.3) is 33.4 Å². The molecular weight excluding hydrogens is 412 g/mol. The molecule has 158 valence electrons. The van der Waals surface area contributed by atoms with Crippen molar-refractivity contribution in [3.63, 3.8) is 0 Å². The second-order valence-corrected chi connectivity index (χ2v) is 7.79. The molecule has 31 heavy (non-hydrogen) atoms. The average molecular weight is 435 g/mol. The summed E-state index contributed by atoms with van der Waals surface area (Å²) >= 11 is 6.11. The first-order chi connectivity index (χ1) is 15.0. The zero-order valence-corrected chi connectivity index (χ0v) is 17.8. The summed E-state index contributed by atoms with van der Waals surface area (Å²) in [5, 5.41) is 25.5. The molecule has 1 atom stereocenters.